The van der Waals surface area contributed by atoms with Gasteiger partial charge in [-0.1, -0.05) is 19.9 Å². The van der Waals surface area contributed by atoms with Gasteiger partial charge in [0.05, 0.1) is 11.1 Å². The van der Waals surface area contributed by atoms with Crippen LogP contribution in [0.4, 0.5) is 20.2 Å². The van der Waals surface area contributed by atoms with Crippen molar-refractivity contribution in [3.8, 4) is 5.75 Å². The first-order chi connectivity index (χ1) is 14.1. The molecule has 0 aromatic heterocycles. The highest BCUT2D eigenvalue weighted by Gasteiger charge is 2.37. The van der Waals surface area contributed by atoms with Crippen molar-refractivity contribution in [1.29, 1.82) is 0 Å². The molecule has 1 aliphatic rings. The highest BCUT2D eigenvalue weighted by Crippen LogP contribution is 2.38. The van der Waals surface area contributed by atoms with Crippen LogP contribution < -0.4 is 15.0 Å². The molecule has 0 saturated heterocycles. The van der Waals surface area contributed by atoms with E-state index in [9.17, 15) is 18.4 Å². The number of nitrogens with zero attached hydrogens (tertiary/aromatic N) is 1. The zero-order valence-electron chi connectivity index (χ0n) is 17.6. The van der Waals surface area contributed by atoms with Gasteiger partial charge >= 0.3 is 0 Å². The normalized spacial score (nSPS) is 15.4. The summed E-state index contributed by atoms with van der Waals surface area (Å²) in [6.45, 7) is 8.52. The third kappa shape index (κ3) is 4.45. The molecule has 5 nitrogen and oxygen atoms in total. The van der Waals surface area contributed by atoms with Crippen LogP contribution in [0, 0.1) is 23.0 Å². The molecule has 2 amide bonds. The van der Waals surface area contributed by atoms with E-state index in [0.29, 0.717) is 29.6 Å². The third-order valence-electron chi connectivity index (χ3n) is 5.04. The van der Waals surface area contributed by atoms with Gasteiger partial charge in [0, 0.05) is 12.2 Å². The largest absolute Gasteiger partial charge is 0.490 e. The van der Waals surface area contributed by atoms with E-state index in [-0.39, 0.29) is 12.5 Å². The number of ether oxygens (including phenoxy) is 1. The molecular weight excluding hydrogens is 390 g/mol. The summed E-state index contributed by atoms with van der Waals surface area (Å²) >= 11 is 0. The van der Waals surface area contributed by atoms with Crippen molar-refractivity contribution in [2.45, 2.75) is 34.1 Å². The average Bonchev–Trinajstić information content (AvgIpc) is 2.75. The fourth-order valence-electron chi connectivity index (χ4n) is 3.24. The summed E-state index contributed by atoms with van der Waals surface area (Å²) in [5.74, 6) is -1.96. The number of carbonyl (C=O) groups excluding carboxylic acids is 2. The topological polar surface area (TPSA) is 58.6 Å². The van der Waals surface area contributed by atoms with Crippen LogP contribution in [0.1, 0.15) is 44.5 Å². The van der Waals surface area contributed by atoms with Crippen molar-refractivity contribution >= 4 is 23.2 Å². The second-order valence-electron chi connectivity index (χ2n) is 8.55. The van der Waals surface area contributed by atoms with E-state index in [4.69, 9.17) is 4.74 Å². The summed E-state index contributed by atoms with van der Waals surface area (Å²) in [6, 6.07) is 8.08. The monoisotopic (exact) mass is 416 g/mol. The fraction of sp³-hybridized carbons (Fsp3) is 0.391. The smallest absolute Gasteiger partial charge is 0.261 e. The Bertz CT molecular complexity index is 953. The molecule has 0 aliphatic carbocycles. The van der Waals surface area contributed by atoms with Crippen molar-refractivity contribution < 1.29 is 23.1 Å². The lowest BCUT2D eigenvalue weighted by Crippen LogP contribution is -2.42. The van der Waals surface area contributed by atoms with E-state index in [2.05, 4.69) is 19.2 Å². The number of anilines is 2. The molecule has 3 rings (SSSR count). The number of hydrogen-bond acceptors (Lipinski definition) is 3. The Morgan fingerprint density at radius 3 is 2.50 bits per heavy atom. The summed E-state index contributed by atoms with van der Waals surface area (Å²) in [6.07, 6.45) is 0.790. The van der Waals surface area contributed by atoms with Gasteiger partial charge in [0.1, 0.15) is 29.6 Å². The predicted octanol–water partition coefficient (Wildman–Crippen LogP) is 5.01. The minimum Gasteiger partial charge on any atom is -0.490 e. The number of fused-ring (bicyclic) bond motifs is 1. The molecule has 2 aromatic carbocycles. The van der Waals surface area contributed by atoms with Crippen molar-refractivity contribution in [3.63, 3.8) is 0 Å². The maximum Gasteiger partial charge on any atom is 0.261 e. The average molecular weight is 416 g/mol. The van der Waals surface area contributed by atoms with Gasteiger partial charge in [0.15, 0.2) is 0 Å². The summed E-state index contributed by atoms with van der Waals surface area (Å²) in [7, 11) is 0. The maximum atomic E-state index is 13.9. The Kier molecular flexibility index (Phi) is 6.10. The first-order valence-electron chi connectivity index (χ1n) is 9.94. The maximum absolute atomic E-state index is 13.9. The summed E-state index contributed by atoms with van der Waals surface area (Å²) in [5.41, 5.74) is -0.530. The van der Waals surface area contributed by atoms with Crippen LogP contribution in [0.2, 0.25) is 0 Å². The molecule has 160 valence electrons. The van der Waals surface area contributed by atoms with E-state index in [1.54, 1.807) is 23.1 Å². The first-order valence-corrected chi connectivity index (χ1v) is 9.94. The van der Waals surface area contributed by atoms with Gasteiger partial charge in [0.2, 0.25) is 5.91 Å². The Hall–Kier alpha value is -2.96. The lowest BCUT2D eigenvalue weighted by Gasteiger charge is -2.28. The number of halogens is 2. The Balaban J connectivity index is 1.95. The van der Waals surface area contributed by atoms with Gasteiger partial charge in [0.25, 0.3) is 5.91 Å². The zero-order valence-corrected chi connectivity index (χ0v) is 17.6. The number of rotatable bonds is 5. The molecule has 30 heavy (non-hydrogen) atoms. The molecule has 7 heteroatoms. The molecule has 1 aliphatic heterocycles. The van der Waals surface area contributed by atoms with E-state index in [1.807, 2.05) is 13.8 Å². The molecule has 1 N–H and O–H groups in total. The third-order valence-corrected chi connectivity index (χ3v) is 5.04. The van der Waals surface area contributed by atoms with Crippen LogP contribution in [0.3, 0.4) is 0 Å². The van der Waals surface area contributed by atoms with Crippen LogP contribution in [0.5, 0.6) is 5.75 Å². The molecule has 0 unspecified atom stereocenters. The second kappa shape index (κ2) is 8.42. The van der Waals surface area contributed by atoms with Crippen LogP contribution in [-0.4, -0.2) is 25.0 Å². The molecule has 2 aromatic rings. The van der Waals surface area contributed by atoms with Crippen molar-refractivity contribution in [2.75, 3.05) is 23.4 Å². The second-order valence-corrected chi connectivity index (χ2v) is 8.55. The fourth-order valence-corrected chi connectivity index (χ4v) is 3.24. The minimum atomic E-state index is -0.943. The standard InChI is InChI=1S/C23H26F2N2O3/c1-14(2)10-11-27-18-12-15(8-9-19(18)30-13-23(3,4)22(27)29)26-21(28)20-16(24)6-5-7-17(20)25/h5-9,12,14H,10-11,13H2,1-4H3,(H,26,28). The zero-order chi connectivity index (χ0) is 22.1. The van der Waals surface area contributed by atoms with Crippen molar-refractivity contribution in [3.05, 3.63) is 53.6 Å². The van der Waals surface area contributed by atoms with Crippen LogP contribution in [0.15, 0.2) is 36.4 Å². The Morgan fingerprint density at radius 1 is 1.20 bits per heavy atom. The number of carbonyl (C=O) groups is 2. The molecule has 0 saturated carbocycles. The molecule has 0 spiro atoms. The van der Waals surface area contributed by atoms with Gasteiger partial charge in [-0.05, 0) is 56.5 Å². The number of hydrogen-bond donors (Lipinski definition) is 1. The number of benzene rings is 2. The molecular formula is C23H26F2N2O3. The van der Waals surface area contributed by atoms with Gasteiger partial charge in [-0.3, -0.25) is 9.59 Å². The van der Waals surface area contributed by atoms with E-state index < -0.39 is 28.5 Å². The molecule has 0 radical (unpaired) electrons. The van der Waals surface area contributed by atoms with E-state index >= 15 is 0 Å². The lowest BCUT2D eigenvalue weighted by atomic mass is 9.92. The van der Waals surface area contributed by atoms with E-state index in [1.165, 1.54) is 6.07 Å². The minimum absolute atomic E-state index is 0.0782. The van der Waals surface area contributed by atoms with Crippen molar-refractivity contribution in [1.82, 2.24) is 0 Å². The first kappa shape index (κ1) is 21.7. The van der Waals surface area contributed by atoms with Gasteiger partial charge in [-0.2, -0.15) is 0 Å². The van der Waals surface area contributed by atoms with Crippen molar-refractivity contribution in [2.24, 2.45) is 11.3 Å². The number of amides is 2. The van der Waals surface area contributed by atoms with Crippen LogP contribution >= 0.6 is 0 Å². The van der Waals surface area contributed by atoms with Gasteiger partial charge in [-0.25, -0.2) is 8.78 Å². The summed E-state index contributed by atoms with van der Waals surface area (Å²) < 4.78 is 33.7. The van der Waals surface area contributed by atoms with Crippen LogP contribution in [-0.2, 0) is 4.79 Å². The Morgan fingerprint density at radius 2 is 1.87 bits per heavy atom. The van der Waals surface area contributed by atoms with Gasteiger partial charge in [-0.15, -0.1) is 0 Å². The molecule has 1 heterocycles. The van der Waals surface area contributed by atoms with E-state index in [0.717, 1.165) is 18.6 Å². The molecule has 0 atom stereocenters. The summed E-state index contributed by atoms with van der Waals surface area (Å²) in [5, 5.41) is 2.52. The van der Waals surface area contributed by atoms with Gasteiger partial charge < -0.3 is 15.0 Å². The molecule has 0 bridgehead atoms. The lowest BCUT2D eigenvalue weighted by molar-refractivity contribution is -0.127. The quantitative estimate of drug-likeness (QED) is 0.745. The highest BCUT2D eigenvalue weighted by atomic mass is 19.1. The number of nitrogens with one attached hydrogen (secondary N) is 1. The predicted molar refractivity (Wildman–Crippen MR) is 112 cm³/mol. The SMILES string of the molecule is CC(C)CCN1C(=O)C(C)(C)COc2ccc(NC(=O)c3c(F)cccc3F)cc21. The summed E-state index contributed by atoms with van der Waals surface area (Å²) in [4.78, 5) is 27.3. The Labute approximate surface area is 175 Å². The highest BCUT2D eigenvalue weighted by molar-refractivity contribution is 6.06. The molecule has 0 fully saturated rings. The van der Waals surface area contributed by atoms with Crippen LogP contribution in [0.25, 0.3) is 0 Å².